The largest absolute Gasteiger partial charge is 0.377 e. The van der Waals surface area contributed by atoms with Gasteiger partial charge in [0.1, 0.15) is 23.5 Å². The fraction of sp³-hybridized carbons (Fsp3) is 0.583. The highest BCUT2D eigenvalue weighted by Crippen LogP contribution is 2.20. The van der Waals surface area contributed by atoms with E-state index >= 15 is 0 Å². The van der Waals surface area contributed by atoms with Crippen molar-refractivity contribution in [2.24, 2.45) is 0 Å². The Morgan fingerprint density at radius 2 is 2.26 bits per heavy atom. The third kappa shape index (κ3) is 2.93. The second-order valence-corrected chi connectivity index (χ2v) is 4.31. The monoisotopic (exact) mass is 265 g/mol. The fourth-order valence-corrected chi connectivity index (χ4v) is 2.09. The lowest BCUT2D eigenvalue weighted by Crippen LogP contribution is -2.53. The first-order valence-electron chi connectivity index (χ1n) is 6.25. The number of aromatic nitrogens is 2. The molecule has 7 heteroatoms. The molecule has 2 heterocycles. The minimum absolute atomic E-state index is 0.0676. The molecule has 1 aliphatic heterocycles. The highest BCUT2D eigenvalue weighted by molar-refractivity contribution is 5.85. The molecular weight excluding hydrogens is 246 g/mol. The van der Waals surface area contributed by atoms with E-state index in [9.17, 15) is 4.79 Å². The summed E-state index contributed by atoms with van der Waals surface area (Å²) < 4.78 is 5.38. The van der Waals surface area contributed by atoms with Gasteiger partial charge in [0.2, 0.25) is 5.91 Å². The van der Waals surface area contributed by atoms with Gasteiger partial charge in [0.25, 0.3) is 0 Å². The summed E-state index contributed by atoms with van der Waals surface area (Å²) in [7, 11) is 3.43. The van der Waals surface area contributed by atoms with E-state index in [0.29, 0.717) is 25.6 Å². The number of amides is 1. The van der Waals surface area contributed by atoms with Crippen LogP contribution in [0.25, 0.3) is 0 Å². The summed E-state index contributed by atoms with van der Waals surface area (Å²) in [5.74, 6) is 2.09. The lowest BCUT2D eigenvalue weighted by atomic mass is 10.2. The van der Waals surface area contributed by atoms with Crippen molar-refractivity contribution in [2.75, 3.05) is 44.1 Å². The molecule has 7 nitrogen and oxygen atoms in total. The molecule has 0 aliphatic carbocycles. The van der Waals surface area contributed by atoms with Crippen molar-refractivity contribution in [2.45, 2.75) is 13.0 Å². The molecule has 19 heavy (non-hydrogen) atoms. The average molecular weight is 265 g/mol. The van der Waals surface area contributed by atoms with Crippen LogP contribution >= 0.6 is 0 Å². The van der Waals surface area contributed by atoms with Gasteiger partial charge in [-0.3, -0.25) is 4.79 Å². The maximum absolute atomic E-state index is 11.9. The number of carbonyl (C=O) groups excluding carboxylic acids is 1. The van der Waals surface area contributed by atoms with Crippen LogP contribution in [0.15, 0.2) is 6.07 Å². The molecule has 104 valence electrons. The number of likely N-dealkylation sites (N-methyl/N-ethyl adjacent to an activating group) is 1. The predicted molar refractivity (Wildman–Crippen MR) is 72.3 cm³/mol. The molecule has 2 N–H and O–H groups in total. The van der Waals surface area contributed by atoms with Gasteiger partial charge in [-0.25, -0.2) is 9.97 Å². The molecule has 1 aromatic heterocycles. The quantitative estimate of drug-likeness (QED) is 0.786. The molecular formula is C12H19N5O2. The van der Waals surface area contributed by atoms with Gasteiger partial charge in [-0.15, -0.1) is 0 Å². The number of aryl methyl sites for hydroxylation is 1. The first-order chi connectivity index (χ1) is 9.15. The minimum Gasteiger partial charge on any atom is -0.377 e. The van der Waals surface area contributed by atoms with Gasteiger partial charge in [0.15, 0.2) is 0 Å². The maximum Gasteiger partial charge on any atom is 0.244 e. The molecule has 0 aromatic carbocycles. The molecule has 1 amide bonds. The van der Waals surface area contributed by atoms with Crippen LogP contribution in [0.1, 0.15) is 5.82 Å². The van der Waals surface area contributed by atoms with E-state index in [1.807, 2.05) is 17.9 Å². The maximum atomic E-state index is 11.9. The van der Waals surface area contributed by atoms with Gasteiger partial charge in [-0.2, -0.15) is 0 Å². The van der Waals surface area contributed by atoms with Crippen molar-refractivity contribution in [3.63, 3.8) is 0 Å². The zero-order valence-electron chi connectivity index (χ0n) is 11.4. The Labute approximate surface area is 112 Å². The highest BCUT2D eigenvalue weighted by atomic mass is 16.5. The number of hydrogen-bond acceptors (Lipinski definition) is 6. The van der Waals surface area contributed by atoms with Gasteiger partial charge >= 0.3 is 0 Å². The fourth-order valence-electron chi connectivity index (χ4n) is 2.09. The first-order valence-corrected chi connectivity index (χ1v) is 6.25. The summed E-state index contributed by atoms with van der Waals surface area (Å²) >= 11 is 0. The molecule has 2 rings (SSSR count). The Morgan fingerprint density at radius 3 is 2.95 bits per heavy atom. The summed E-state index contributed by atoms with van der Waals surface area (Å²) in [4.78, 5) is 22.5. The third-order valence-corrected chi connectivity index (χ3v) is 3.05. The van der Waals surface area contributed by atoms with Crippen LogP contribution in [-0.2, 0) is 9.53 Å². The zero-order valence-corrected chi connectivity index (χ0v) is 11.4. The summed E-state index contributed by atoms with van der Waals surface area (Å²) in [5.41, 5.74) is 0. The van der Waals surface area contributed by atoms with E-state index in [2.05, 4.69) is 20.6 Å². The lowest BCUT2D eigenvalue weighted by Gasteiger charge is -2.35. The van der Waals surface area contributed by atoms with Crippen LogP contribution in [0.4, 0.5) is 11.6 Å². The van der Waals surface area contributed by atoms with E-state index in [4.69, 9.17) is 4.74 Å². The molecule has 1 atom stereocenters. The van der Waals surface area contributed by atoms with Crippen molar-refractivity contribution >= 4 is 17.5 Å². The second kappa shape index (κ2) is 5.83. The normalized spacial score (nSPS) is 19.1. The van der Waals surface area contributed by atoms with Crippen LogP contribution in [0.5, 0.6) is 0 Å². The molecule has 1 fully saturated rings. The summed E-state index contributed by atoms with van der Waals surface area (Å²) in [6, 6.07) is 1.49. The Kier molecular flexibility index (Phi) is 4.16. The van der Waals surface area contributed by atoms with Gasteiger partial charge in [0, 0.05) is 26.7 Å². The molecule has 0 bridgehead atoms. The van der Waals surface area contributed by atoms with Crippen molar-refractivity contribution < 1.29 is 9.53 Å². The van der Waals surface area contributed by atoms with E-state index < -0.39 is 0 Å². The number of nitrogens with zero attached hydrogens (tertiary/aromatic N) is 3. The zero-order chi connectivity index (χ0) is 13.8. The van der Waals surface area contributed by atoms with Gasteiger partial charge in [-0.1, -0.05) is 0 Å². The van der Waals surface area contributed by atoms with Crippen molar-refractivity contribution in [1.82, 2.24) is 15.3 Å². The topological polar surface area (TPSA) is 79.4 Å². The molecule has 0 radical (unpaired) electrons. The van der Waals surface area contributed by atoms with Crippen LogP contribution in [0.3, 0.4) is 0 Å². The Bertz CT molecular complexity index is 465. The number of anilines is 2. The number of morpholine rings is 1. The van der Waals surface area contributed by atoms with E-state index in [1.165, 1.54) is 0 Å². The standard InChI is InChI=1S/C12H19N5O2/c1-8-15-10(13-2)6-11(16-8)17-4-5-19-7-9(17)12(18)14-3/h6,9H,4-5,7H2,1-3H3,(H,14,18)(H,13,15,16). The van der Waals surface area contributed by atoms with Crippen LogP contribution < -0.4 is 15.5 Å². The number of nitrogens with one attached hydrogen (secondary N) is 2. The van der Waals surface area contributed by atoms with Gasteiger partial charge < -0.3 is 20.3 Å². The molecule has 0 spiro atoms. The van der Waals surface area contributed by atoms with Gasteiger partial charge in [0.05, 0.1) is 13.2 Å². The lowest BCUT2D eigenvalue weighted by molar-refractivity contribution is -0.124. The predicted octanol–water partition coefficient (Wildman–Crippen LogP) is -0.222. The molecule has 1 aliphatic rings. The van der Waals surface area contributed by atoms with Crippen LogP contribution in [0.2, 0.25) is 0 Å². The van der Waals surface area contributed by atoms with E-state index in [-0.39, 0.29) is 11.9 Å². The average Bonchev–Trinajstić information content (AvgIpc) is 2.45. The first kappa shape index (κ1) is 13.5. The number of ether oxygens (including phenoxy) is 1. The smallest absolute Gasteiger partial charge is 0.244 e. The summed E-state index contributed by atoms with van der Waals surface area (Å²) in [6.45, 7) is 3.43. The molecule has 1 aromatic rings. The second-order valence-electron chi connectivity index (χ2n) is 4.31. The van der Waals surface area contributed by atoms with Crippen molar-refractivity contribution in [3.05, 3.63) is 11.9 Å². The molecule has 0 saturated carbocycles. The summed E-state index contributed by atoms with van der Waals surface area (Å²) in [6.07, 6.45) is 0. The van der Waals surface area contributed by atoms with Crippen LogP contribution in [0, 0.1) is 6.92 Å². The molecule has 1 saturated heterocycles. The number of rotatable bonds is 3. The highest BCUT2D eigenvalue weighted by Gasteiger charge is 2.30. The Morgan fingerprint density at radius 1 is 1.47 bits per heavy atom. The van der Waals surface area contributed by atoms with Crippen molar-refractivity contribution in [1.29, 1.82) is 0 Å². The number of carbonyl (C=O) groups is 1. The minimum atomic E-state index is -0.349. The van der Waals surface area contributed by atoms with Crippen molar-refractivity contribution in [3.8, 4) is 0 Å². The third-order valence-electron chi connectivity index (χ3n) is 3.05. The number of hydrogen-bond donors (Lipinski definition) is 2. The Hall–Kier alpha value is -1.89. The van der Waals surface area contributed by atoms with Crippen LogP contribution in [-0.4, -0.2) is 55.8 Å². The van der Waals surface area contributed by atoms with E-state index in [0.717, 1.165) is 11.6 Å². The molecule has 1 unspecified atom stereocenters. The van der Waals surface area contributed by atoms with E-state index in [1.54, 1.807) is 14.1 Å². The van der Waals surface area contributed by atoms with Gasteiger partial charge in [-0.05, 0) is 6.92 Å². The Balaban J connectivity index is 2.31. The SMILES string of the molecule is CNC(=O)C1COCCN1c1cc(NC)nc(C)n1. The summed E-state index contributed by atoms with van der Waals surface area (Å²) in [5, 5.41) is 5.65.